The van der Waals surface area contributed by atoms with Crippen LogP contribution < -0.4 is 10.2 Å². The van der Waals surface area contributed by atoms with Crippen LogP contribution in [-0.2, 0) is 4.74 Å². The molecular formula is C23H28ClN7O2. The zero-order chi connectivity index (χ0) is 22.5. The van der Waals surface area contributed by atoms with Crippen LogP contribution in [-0.4, -0.2) is 81.3 Å². The summed E-state index contributed by atoms with van der Waals surface area (Å²) < 4.78 is 7.51. The topological polar surface area (TPSA) is 91.6 Å². The van der Waals surface area contributed by atoms with Crippen LogP contribution in [0.25, 0.3) is 10.9 Å². The molecule has 0 unspecified atom stereocenters. The molecule has 1 saturated carbocycles. The number of aliphatic hydroxyl groups is 1. The van der Waals surface area contributed by atoms with Gasteiger partial charge in [-0.1, -0.05) is 11.6 Å². The number of piperazine rings is 1. The smallest absolute Gasteiger partial charge is 0.227 e. The van der Waals surface area contributed by atoms with Crippen LogP contribution in [0, 0.1) is 6.92 Å². The van der Waals surface area contributed by atoms with E-state index in [0.717, 1.165) is 54.2 Å². The number of aliphatic hydroxyl groups excluding tert-OH is 1. The first kappa shape index (κ1) is 21.1. The molecule has 0 radical (unpaired) electrons. The minimum atomic E-state index is -0.400. The minimum Gasteiger partial charge on any atom is -0.389 e. The molecule has 3 aromatic rings. The molecule has 4 heterocycles. The summed E-state index contributed by atoms with van der Waals surface area (Å²) in [6.07, 6.45) is 5.65. The highest BCUT2D eigenvalue weighted by Gasteiger charge is 2.33. The van der Waals surface area contributed by atoms with Crippen LogP contribution in [0.1, 0.15) is 24.6 Å². The van der Waals surface area contributed by atoms with E-state index in [2.05, 4.69) is 36.8 Å². The summed E-state index contributed by atoms with van der Waals surface area (Å²) in [6, 6.07) is 4.61. The van der Waals surface area contributed by atoms with Crippen LogP contribution in [0.2, 0.25) is 5.02 Å². The molecule has 2 atom stereocenters. The van der Waals surface area contributed by atoms with Crippen molar-refractivity contribution >= 4 is 39.8 Å². The van der Waals surface area contributed by atoms with Crippen molar-refractivity contribution in [3.63, 3.8) is 0 Å². The molecule has 1 aromatic carbocycles. The van der Waals surface area contributed by atoms with E-state index in [1.165, 1.54) is 12.8 Å². The van der Waals surface area contributed by atoms with E-state index in [0.29, 0.717) is 30.2 Å². The van der Waals surface area contributed by atoms with E-state index in [9.17, 15) is 5.11 Å². The first-order valence-electron chi connectivity index (χ1n) is 11.6. The summed E-state index contributed by atoms with van der Waals surface area (Å²) in [7, 11) is 0. The maximum absolute atomic E-state index is 10.1. The zero-order valence-corrected chi connectivity index (χ0v) is 19.4. The third-order valence-corrected chi connectivity index (χ3v) is 7.28. The molecule has 33 heavy (non-hydrogen) atoms. The summed E-state index contributed by atoms with van der Waals surface area (Å²) in [5.74, 6) is 0.550. The molecule has 1 aliphatic carbocycles. The first-order valence-corrected chi connectivity index (χ1v) is 12.0. The number of halogens is 1. The fourth-order valence-corrected chi connectivity index (χ4v) is 5.16. The molecule has 3 aliphatic rings. The van der Waals surface area contributed by atoms with Crippen LogP contribution in [0.5, 0.6) is 0 Å². The first-order chi connectivity index (χ1) is 16.1. The van der Waals surface area contributed by atoms with Crippen molar-refractivity contribution in [2.24, 2.45) is 0 Å². The third-order valence-electron chi connectivity index (χ3n) is 6.98. The van der Waals surface area contributed by atoms with Gasteiger partial charge in [-0.3, -0.25) is 9.58 Å². The number of ether oxygens (including phenoxy) is 1. The van der Waals surface area contributed by atoms with Crippen molar-refractivity contribution in [3.05, 3.63) is 35.2 Å². The van der Waals surface area contributed by atoms with Gasteiger partial charge in [0.25, 0.3) is 0 Å². The van der Waals surface area contributed by atoms with Gasteiger partial charge in [-0.05, 0) is 31.9 Å². The summed E-state index contributed by atoms with van der Waals surface area (Å²) in [6.45, 7) is 6.50. The van der Waals surface area contributed by atoms with Crippen molar-refractivity contribution in [3.8, 4) is 0 Å². The summed E-state index contributed by atoms with van der Waals surface area (Å²) >= 11 is 6.65. The molecule has 0 bridgehead atoms. The number of benzene rings is 1. The van der Waals surface area contributed by atoms with Crippen molar-refractivity contribution < 1.29 is 9.84 Å². The average Bonchev–Trinajstić information content (AvgIpc) is 3.47. The summed E-state index contributed by atoms with van der Waals surface area (Å²) in [5.41, 5.74) is 3.87. The van der Waals surface area contributed by atoms with Crippen molar-refractivity contribution in [2.45, 2.75) is 38.0 Å². The Labute approximate surface area is 197 Å². The number of nitrogens with one attached hydrogen (secondary N) is 1. The Bertz CT molecular complexity index is 1170. The summed E-state index contributed by atoms with van der Waals surface area (Å²) in [5, 5.41) is 19.6. The highest BCUT2D eigenvalue weighted by Crippen LogP contribution is 2.37. The molecule has 0 amide bonds. The fraction of sp³-hybridized carbons (Fsp3) is 0.522. The lowest BCUT2D eigenvalue weighted by Crippen LogP contribution is -2.53. The van der Waals surface area contributed by atoms with Gasteiger partial charge in [-0.25, -0.2) is 9.97 Å². The number of nitrogens with zero attached hydrogens (tertiary/aromatic N) is 6. The Balaban J connectivity index is 1.20. The van der Waals surface area contributed by atoms with Crippen molar-refractivity contribution in [1.82, 2.24) is 24.6 Å². The highest BCUT2D eigenvalue weighted by molar-refractivity contribution is 6.34. The fourth-order valence-electron chi connectivity index (χ4n) is 4.87. The van der Waals surface area contributed by atoms with Crippen LogP contribution in [0.4, 0.5) is 17.3 Å². The maximum atomic E-state index is 10.1. The van der Waals surface area contributed by atoms with E-state index in [1.54, 1.807) is 6.20 Å². The molecule has 0 spiro atoms. The Hall–Kier alpha value is -2.46. The van der Waals surface area contributed by atoms with Gasteiger partial charge in [-0.15, -0.1) is 0 Å². The molecule has 2 aromatic heterocycles. The average molecular weight is 470 g/mol. The summed E-state index contributed by atoms with van der Waals surface area (Å²) in [4.78, 5) is 13.9. The van der Waals surface area contributed by atoms with E-state index >= 15 is 0 Å². The lowest BCUT2D eigenvalue weighted by Gasteiger charge is -2.39. The standard InChI is InChI=1S/C23H28ClN7O2/c1-14-19(11-26-31(14)16-2-3-16)28-23-25-10-15-8-17(24)20(9-18(15)27-23)29-4-6-30(7-5-29)21-12-33-13-22(21)32/h8-11,16,21-22,32H,2-7,12-13H2,1H3,(H,25,27,28)/t21-,22+/m1/s1. The monoisotopic (exact) mass is 469 g/mol. The number of anilines is 3. The second kappa shape index (κ2) is 8.39. The molecule has 10 heteroatoms. The number of fused-ring (bicyclic) bond motifs is 1. The Kier molecular flexibility index (Phi) is 5.37. The van der Waals surface area contributed by atoms with Crippen molar-refractivity contribution in [2.75, 3.05) is 49.6 Å². The molecular weight excluding hydrogens is 442 g/mol. The predicted octanol–water partition coefficient (Wildman–Crippen LogP) is 2.75. The molecule has 174 valence electrons. The Morgan fingerprint density at radius 3 is 2.67 bits per heavy atom. The normalized spacial score (nSPS) is 24.0. The largest absolute Gasteiger partial charge is 0.389 e. The SMILES string of the molecule is Cc1c(Nc2ncc3cc(Cl)c(N4CCN([C@@H]5COC[C@@H]5O)CC4)cc3n2)cnn1C1CC1. The van der Waals surface area contributed by atoms with Gasteiger partial charge in [0.1, 0.15) is 0 Å². The van der Waals surface area contributed by atoms with E-state index in [-0.39, 0.29) is 6.04 Å². The molecule has 9 nitrogen and oxygen atoms in total. The maximum Gasteiger partial charge on any atom is 0.227 e. The zero-order valence-electron chi connectivity index (χ0n) is 18.6. The number of hydrogen-bond donors (Lipinski definition) is 2. The van der Waals surface area contributed by atoms with Gasteiger partial charge in [0.15, 0.2) is 0 Å². The van der Waals surface area contributed by atoms with Crippen molar-refractivity contribution in [1.29, 1.82) is 0 Å². The number of aromatic nitrogens is 4. The van der Waals surface area contributed by atoms with Gasteiger partial charge in [0.05, 0.1) is 65.2 Å². The molecule has 6 rings (SSSR count). The van der Waals surface area contributed by atoms with E-state index < -0.39 is 6.10 Å². The van der Waals surface area contributed by atoms with E-state index in [4.69, 9.17) is 21.3 Å². The van der Waals surface area contributed by atoms with Gasteiger partial charge < -0.3 is 20.1 Å². The van der Waals surface area contributed by atoms with Crippen LogP contribution in [0.15, 0.2) is 24.5 Å². The van der Waals surface area contributed by atoms with Gasteiger partial charge in [0, 0.05) is 37.8 Å². The van der Waals surface area contributed by atoms with Gasteiger partial charge >= 0.3 is 0 Å². The minimum absolute atomic E-state index is 0.0910. The third kappa shape index (κ3) is 4.03. The number of rotatable bonds is 5. The quantitative estimate of drug-likeness (QED) is 0.589. The molecule has 2 N–H and O–H groups in total. The van der Waals surface area contributed by atoms with E-state index in [1.807, 2.05) is 18.3 Å². The van der Waals surface area contributed by atoms with Gasteiger partial charge in [-0.2, -0.15) is 5.10 Å². The lowest BCUT2D eigenvalue weighted by molar-refractivity contribution is 0.0785. The molecule has 2 saturated heterocycles. The second-order valence-electron chi connectivity index (χ2n) is 9.20. The molecule has 3 fully saturated rings. The van der Waals surface area contributed by atoms with Gasteiger partial charge in [0.2, 0.25) is 5.95 Å². The number of hydrogen-bond acceptors (Lipinski definition) is 8. The predicted molar refractivity (Wildman–Crippen MR) is 127 cm³/mol. The van der Waals surface area contributed by atoms with Crippen LogP contribution in [0.3, 0.4) is 0 Å². The molecule has 2 aliphatic heterocycles. The highest BCUT2D eigenvalue weighted by atomic mass is 35.5. The van der Waals surface area contributed by atoms with Crippen LogP contribution >= 0.6 is 11.6 Å². The lowest BCUT2D eigenvalue weighted by atomic mass is 10.1. The Morgan fingerprint density at radius 1 is 1.12 bits per heavy atom. The Morgan fingerprint density at radius 2 is 1.94 bits per heavy atom. The second-order valence-corrected chi connectivity index (χ2v) is 9.60.